The molecular weight excluding hydrogens is 202 g/mol. The molecule has 1 fully saturated rings. The van der Waals surface area contributed by atoms with Gasteiger partial charge in [-0.05, 0) is 26.7 Å². The predicted octanol–water partition coefficient (Wildman–Crippen LogP) is 2.07. The van der Waals surface area contributed by atoms with E-state index in [1.165, 1.54) is 19.3 Å². The number of nitrogens with two attached hydrogens (primary N) is 1. The number of rotatable bonds is 2. The molecule has 16 heavy (non-hydrogen) atoms. The van der Waals surface area contributed by atoms with Gasteiger partial charge in [-0.1, -0.05) is 19.3 Å². The minimum Gasteiger partial charge on any atom is -0.393 e. The Morgan fingerprint density at radius 3 is 2.50 bits per heavy atom. The van der Waals surface area contributed by atoms with E-state index in [4.69, 9.17) is 5.73 Å². The van der Waals surface area contributed by atoms with Crippen LogP contribution in [0.25, 0.3) is 0 Å². The highest BCUT2D eigenvalue weighted by Gasteiger charge is 2.22. The molecule has 2 N–H and O–H groups in total. The maximum absolute atomic E-state index is 12.1. The topological polar surface area (TPSA) is 52.9 Å². The maximum Gasteiger partial charge on any atom is 0.290 e. The van der Waals surface area contributed by atoms with E-state index < -0.39 is 0 Å². The normalized spacial score (nSPS) is 17.9. The number of hydrogen-bond acceptors (Lipinski definition) is 2. The molecule has 4 heteroatoms. The molecule has 0 aromatic carbocycles. The van der Waals surface area contributed by atoms with Crippen molar-refractivity contribution in [3.05, 3.63) is 16.0 Å². The van der Waals surface area contributed by atoms with E-state index in [0.717, 1.165) is 25.1 Å². The number of anilines is 1. The summed E-state index contributed by atoms with van der Waals surface area (Å²) in [5.74, 6) is 0. The largest absolute Gasteiger partial charge is 0.393 e. The van der Waals surface area contributed by atoms with Gasteiger partial charge in [0.25, 0.3) is 5.56 Å². The zero-order valence-electron chi connectivity index (χ0n) is 10.2. The van der Waals surface area contributed by atoms with Gasteiger partial charge in [0, 0.05) is 6.54 Å². The first kappa shape index (κ1) is 11.3. The molecule has 0 atom stereocenters. The molecule has 1 heterocycles. The minimum absolute atomic E-state index is 0.00579. The molecule has 0 saturated heterocycles. The van der Waals surface area contributed by atoms with E-state index in [-0.39, 0.29) is 5.56 Å². The molecule has 1 aliphatic carbocycles. The molecule has 90 valence electrons. The van der Waals surface area contributed by atoms with Crippen molar-refractivity contribution in [2.45, 2.75) is 58.5 Å². The second kappa shape index (κ2) is 4.36. The summed E-state index contributed by atoms with van der Waals surface area (Å²) in [7, 11) is 0. The van der Waals surface area contributed by atoms with E-state index in [1.807, 2.05) is 16.3 Å². The third kappa shape index (κ3) is 1.66. The van der Waals surface area contributed by atoms with E-state index in [9.17, 15) is 4.79 Å². The Kier molecular flexibility index (Phi) is 3.08. The van der Waals surface area contributed by atoms with Crippen molar-refractivity contribution < 1.29 is 0 Å². The Hall–Kier alpha value is -1.19. The summed E-state index contributed by atoms with van der Waals surface area (Å²) in [6.07, 6.45) is 5.98. The van der Waals surface area contributed by atoms with Crippen molar-refractivity contribution in [1.29, 1.82) is 0 Å². The highest BCUT2D eigenvalue weighted by Crippen LogP contribution is 2.28. The van der Waals surface area contributed by atoms with E-state index in [0.29, 0.717) is 11.7 Å². The van der Waals surface area contributed by atoms with E-state index in [2.05, 4.69) is 6.92 Å². The summed E-state index contributed by atoms with van der Waals surface area (Å²) in [5, 5.41) is 0. The zero-order valence-corrected chi connectivity index (χ0v) is 10.2. The van der Waals surface area contributed by atoms with Crippen molar-refractivity contribution in [2.24, 2.45) is 0 Å². The quantitative estimate of drug-likeness (QED) is 0.834. The van der Waals surface area contributed by atoms with Crippen LogP contribution in [-0.4, -0.2) is 9.36 Å². The summed E-state index contributed by atoms with van der Waals surface area (Å²) in [6, 6.07) is 0.359. The van der Waals surface area contributed by atoms with Crippen LogP contribution in [0.3, 0.4) is 0 Å². The second-order valence-corrected chi connectivity index (χ2v) is 4.66. The van der Waals surface area contributed by atoms with Gasteiger partial charge in [0.05, 0.1) is 11.7 Å². The highest BCUT2D eigenvalue weighted by molar-refractivity contribution is 5.40. The maximum atomic E-state index is 12.1. The van der Waals surface area contributed by atoms with Crippen molar-refractivity contribution in [3.63, 3.8) is 0 Å². The standard InChI is InChI=1S/C12H21N3O/c1-3-14-9(2)11(13)12(16)15(14)10-7-5-4-6-8-10/h10H,3-8,13H2,1-2H3. The lowest BCUT2D eigenvalue weighted by Gasteiger charge is -2.25. The van der Waals surface area contributed by atoms with Crippen LogP contribution in [-0.2, 0) is 6.54 Å². The number of hydrogen-bond donors (Lipinski definition) is 1. The number of aromatic nitrogens is 2. The van der Waals surface area contributed by atoms with Crippen LogP contribution >= 0.6 is 0 Å². The molecule has 1 aromatic heterocycles. The molecule has 1 aromatic rings. The summed E-state index contributed by atoms with van der Waals surface area (Å²) < 4.78 is 3.93. The first-order valence-electron chi connectivity index (χ1n) is 6.24. The smallest absolute Gasteiger partial charge is 0.290 e. The summed E-state index contributed by atoms with van der Waals surface area (Å²) in [5.41, 5.74) is 7.18. The summed E-state index contributed by atoms with van der Waals surface area (Å²) in [4.78, 5) is 12.1. The van der Waals surface area contributed by atoms with Crippen molar-refractivity contribution in [2.75, 3.05) is 5.73 Å². The second-order valence-electron chi connectivity index (χ2n) is 4.66. The fourth-order valence-electron chi connectivity index (χ4n) is 2.77. The first-order chi connectivity index (χ1) is 7.66. The van der Waals surface area contributed by atoms with Crippen molar-refractivity contribution in [1.82, 2.24) is 9.36 Å². The monoisotopic (exact) mass is 223 g/mol. The molecule has 4 nitrogen and oxygen atoms in total. The Bertz CT molecular complexity index is 424. The molecule has 0 bridgehead atoms. The number of nitrogens with zero attached hydrogens (tertiary/aromatic N) is 2. The van der Waals surface area contributed by atoms with Gasteiger partial charge in [-0.2, -0.15) is 0 Å². The van der Waals surface area contributed by atoms with Crippen LogP contribution in [0, 0.1) is 6.92 Å². The lowest BCUT2D eigenvalue weighted by atomic mass is 9.96. The van der Waals surface area contributed by atoms with Gasteiger partial charge in [-0.3, -0.25) is 9.48 Å². The molecule has 0 amide bonds. The molecular formula is C12H21N3O. The van der Waals surface area contributed by atoms with Gasteiger partial charge in [0.1, 0.15) is 5.69 Å². The fraction of sp³-hybridized carbons (Fsp3) is 0.750. The molecule has 0 aliphatic heterocycles. The van der Waals surface area contributed by atoms with Gasteiger partial charge in [0.2, 0.25) is 0 Å². The van der Waals surface area contributed by atoms with Crippen LogP contribution in [0.5, 0.6) is 0 Å². The Morgan fingerprint density at radius 1 is 1.31 bits per heavy atom. The van der Waals surface area contributed by atoms with Gasteiger partial charge in [-0.25, -0.2) is 4.68 Å². The zero-order chi connectivity index (χ0) is 11.7. The highest BCUT2D eigenvalue weighted by atomic mass is 16.1. The molecule has 1 saturated carbocycles. The predicted molar refractivity (Wildman–Crippen MR) is 65.6 cm³/mol. The van der Waals surface area contributed by atoms with Gasteiger partial charge in [0.15, 0.2) is 0 Å². The molecule has 2 rings (SSSR count). The van der Waals surface area contributed by atoms with Crippen LogP contribution in [0.1, 0.15) is 50.8 Å². The van der Waals surface area contributed by atoms with Crippen LogP contribution in [0.4, 0.5) is 5.69 Å². The Morgan fingerprint density at radius 2 is 1.94 bits per heavy atom. The summed E-state index contributed by atoms with van der Waals surface area (Å²) >= 11 is 0. The van der Waals surface area contributed by atoms with Crippen LogP contribution < -0.4 is 11.3 Å². The third-order valence-corrected chi connectivity index (χ3v) is 3.70. The third-order valence-electron chi connectivity index (χ3n) is 3.70. The molecule has 1 aliphatic rings. The van der Waals surface area contributed by atoms with Crippen LogP contribution in [0.15, 0.2) is 4.79 Å². The van der Waals surface area contributed by atoms with E-state index >= 15 is 0 Å². The first-order valence-corrected chi connectivity index (χ1v) is 6.24. The SMILES string of the molecule is CCn1c(C)c(N)c(=O)n1C1CCCCC1. The minimum atomic E-state index is 0.00579. The van der Waals surface area contributed by atoms with Crippen molar-refractivity contribution in [3.8, 4) is 0 Å². The lowest BCUT2D eigenvalue weighted by molar-refractivity contribution is 0.283. The summed E-state index contributed by atoms with van der Waals surface area (Å²) in [6.45, 7) is 4.81. The van der Waals surface area contributed by atoms with E-state index in [1.54, 1.807) is 0 Å². The van der Waals surface area contributed by atoms with Gasteiger partial charge >= 0.3 is 0 Å². The van der Waals surface area contributed by atoms with Gasteiger partial charge in [-0.15, -0.1) is 0 Å². The number of nitrogen functional groups attached to an aromatic ring is 1. The Balaban J connectivity index is 2.45. The molecule has 0 radical (unpaired) electrons. The fourth-order valence-corrected chi connectivity index (χ4v) is 2.77. The Labute approximate surface area is 96.0 Å². The lowest BCUT2D eigenvalue weighted by Crippen LogP contribution is -2.29. The van der Waals surface area contributed by atoms with Crippen molar-refractivity contribution >= 4 is 5.69 Å². The molecule has 0 unspecified atom stereocenters. The average Bonchev–Trinajstić information content (AvgIpc) is 2.54. The van der Waals surface area contributed by atoms with Gasteiger partial charge < -0.3 is 5.73 Å². The van der Waals surface area contributed by atoms with Crippen LogP contribution in [0.2, 0.25) is 0 Å². The molecule has 0 spiro atoms. The average molecular weight is 223 g/mol.